The van der Waals surface area contributed by atoms with E-state index in [-0.39, 0.29) is 18.4 Å². The molecule has 1 atom stereocenters. The fourth-order valence-electron chi connectivity index (χ4n) is 2.20. The molecular weight excluding hydrogens is 214 g/mol. The largest absolute Gasteiger partial charge is 0.395 e. The lowest BCUT2D eigenvalue weighted by molar-refractivity contribution is -0.132. The van der Waals surface area contributed by atoms with Gasteiger partial charge < -0.3 is 10.0 Å². The molecule has 92 valence electrons. The van der Waals surface area contributed by atoms with Crippen LogP contribution in [0.2, 0.25) is 0 Å². The highest BCUT2D eigenvalue weighted by Crippen LogP contribution is 2.43. The second kappa shape index (κ2) is 5.32. The number of benzene rings is 1. The van der Waals surface area contributed by atoms with E-state index in [0.29, 0.717) is 12.5 Å². The van der Waals surface area contributed by atoms with E-state index in [0.717, 1.165) is 18.4 Å². The minimum absolute atomic E-state index is 0.0206. The number of likely N-dealkylation sites (N-methyl/N-ethyl adjacent to an activating group) is 1. The highest BCUT2D eigenvalue weighted by molar-refractivity contribution is 5.84. The smallest absolute Gasteiger partial charge is 0.230 e. The summed E-state index contributed by atoms with van der Waals surface area (Å²) in [5.41, 5.74) is 1.10. The van der Waals surface area contributed by atoms with Crippen LogP contribution >= 0.6 is 0 Å². The molecule has 0 saturated heterocycles. The van der Waals surface area contributed by atoms with E-state index in [1.807, 2.05) is 30.3 Å². The summed E-state index contributed by atoms with van der Waals surface area (Å²) in [5.74, 6) is 0.603. The van der Waals surface area contributed by atoms with Gasteiger partial charge in [0, 0.05) is 13.6 Å². The number of hydrogen-bond acceptors (Lipinski definition) is 2. The van der Waals surface area contributed by atoms with Gasteiger partial charge in [-0.15, -0.1) is 0 Å². The molecule has 3 nitrogen and oxygen atoms in total. The summed E-state index contributed by atoms with van der Waals surface area (Å²) >= 11 is 0. The average molecular weight is 233 g/mol. The van der Waals surface area contributed by atoms with Gasteiger partial charge in [0.25, 0.3) is 0 Å². The van der Waals surface area contributed by atoms with Crippen LogP contribution in [-0.4, -0.2) is 36.1 Å². The van der Waals surface area contributed by atoms with Crippen molar-refractivity contribution in [3.63, 3.8) is 0 Å². The van der Waals surface area contributed by atoms with Gasteiger partial charge in [-0.2, -0.15) is 0 Å². The number of hydrogen-bond donors (Lipinski definition) is 1. The molecule has 1 unspecified atom stereocenters. The first-order valence-corrected chi connectivity index (χ1v) is 6.15. The van der Waals surface area contributed by atoms with Crippen LogP contribution < -0.4 is 0 Å². The fraction of sp³-hybridized carbons (Fsp3) is 0.500. The molecule has 1 aliphatic carbocycles. The van der Waals surface area contributed by atoms with Gasteiger partial charge in [-0.3, -0.25) is 4.79 Å². The van der Waals surface area contributed by atoms with E-state index in [1.165, 1.54) is 0 Å². The standard InChI is InChI=1S/C14H19NO2/c1-15(9-10-16)14(17)13(12-7-8-12)11-5-3-2-4-6-11/h2-6,12-13,16H,7-10H2,1H3. The molecule has 0 heterocycles. The summed E-state index contributed by atoms with van der Waals surface area (Å²) < 4.78 is 0. The summed E-state index contributed by atoms with van der Waals surface area (Å²) in [6.07, 6.45) is 2.27. The van der Waals surface area contributed by atoms with E-state index in [1.54, 1.807) is 11.9 Å². The molecule has 1 amide bonds. The van der Waals surface area contributed by atoms with Crippen LogP contribution in [-0.2, 0) is 4.79 Å². The van der Waals surface area contributed by atoms with E-state index >= 15 is 0 Å². The molecule has 0 bridgehead atoms. The average Bonchev–Trinajstić information content (AvgIpc) is 3.15. The molecule has 1 N–H and O–H groups in total. The third kappa shape index (κ3) is 2.86. The summed E-state index contributed by atoms with van der Waals surface area (Å²) in [6.45, 7) is 0.434. The van der Waals surface area contributed by atoms with Gasteiger partial charge in [-0.1, -0.05) is 30.3 Å². The monoisotopic (exact) mass is 233 g/mol. The zero-order chi connectivity index (χ0) is 12.3. The van der Waals surface area contributed by atoms with Crippen molar-refractivity contribution >= 4 is 5.91 Å². The minimum atomic E-state index is -0.0206. The van der Waals surface area contributed by atoms with Crippen LogP contribution in [0.3, 0.4) is 0 Å². The van der Waals surface area contributed by atoms with Gasteiger partial charge in [0.1, 0.15) is 0 Å². The van der Waals surface area contributed by atoms with Crippen LogP contribution in [0, 0.1) is 5.92 Å². The van der Waals surface area contributed by atoms with Gasteiger partial charge in [0.2, 0.25) is 5.91 Å². The van der Waals surface area contributed by atoms with Crippen molar-refractivity contribution < 1.29 is 9.90 Å². The first-order chi connectivity index (χ1) is 8.24. The third-order valence-corrected chi connectivity index (χ3v) is 3.33. The van der Waals surface area contributed by atoms with E-state index in [9.17, 15) is 4.79 Å². The van der Waals surface area contributed by atoms with Crippen LogP contribution in [0.1, 0.15) is 24.3 Å². The van der Waals surface area contributed by atoms with E-state index in [4.69, 9.17) is 5.11 Å². The Morgan fingerprint density at radius 2 is 2.06 bits per heavy atom. The Labute approximate surface area is 102 Å². The Morgan fingerprint density at radius 3 is 2.59 bits per heavy atom. The second-order valence-electron chi connectivity index (χ2n) is 4.71. The van der Waals surface area contributed by atoms with Crippen molar-refractivity contribution in [2.45, 2.75) is 18.8 Å². The van der Waals surface area contributed by atoms with E-state index < -0.39 is 0 Å². The van der Waals surface area contributed by atoms with Crippen LogP contribution in [0.4, 0.5) is 0 Å². The second-order valence-corrected chi connectivity index (χ2v) is 4.71. The molecule has 1 aromatic rings. The molecular formula is C14H19NO2. The number of aliphatic hydroxyl groups excluding tert-OH is 1. The first-order valence-electron chi connectivity index (χ1n) is 6.15. The van der Waals surface area contributed by atoms with Gasteiger partial charge in [0.05, 0.1) is 12.5 Å². The Morgan fingerprint density at radius 1 is 1.41 bits per heavy atom. The quantitative estimate of drug-likeness (QED) is 0.839. The third-order valence-electron chi connectivity index (χ3n) is 3.33. The predicted molar refractivity (Wildman–Crippen MR) is 66.6 cm³/mol. The number of carbonyl (C=O) groups excluding carboxylic acids is 1. The summed E-state index contributed by atoms with van der Waals surface area (Å²) in [6, 6.07) is 9.96. The van der Waals surface area contributed by atoms with Gasteiger partial charge in [-0.05, 0) is 24.3 Å². The Kier molecular flexibility index (Phi) is 3.79. The molecule has 1 saturated carbocycles. The number of rotatable bonds is 5. The molecule has 17 heavy (non-hydrogen) atoms. The first kappa shape index (κ1) is 12.1. The molecule has 3 heteroatoms. The van der Waals surface area contributed by atoms with Crippen LogP contribution in [0.5, 0.6) is 0 Å². The minimum Gasteiger partial charge on any atom is -0.395 e. The van der Waals surface area contributed by atoms with Crippen molar-refractivity contribution in [3.8, 4) is 0 Å². The number of amides is 1. The van der Waals surface area contributed by atoms with Gasteiger partial charge in [0.15, 0.2) is 0 Å². The summed E-state index contributed by atoms with van der Waals surface area (Å²) in [4.78, 5) is 14.0. The van der Waals surface area contributed by atoms with Crippen molar-refractivity contribution in [1.82, 2.24) is 4.90 Å². The molecule has 2 rings (SSSR count). The molecule has 0 radical (unpaired) electrons. The normalized spacial score (nSPS) is 16.6. The SMILES string of the molecule is CN(CCO)C(=O)C(c1ccccc1)C1CC1. The predicted octanol–water partition coefficient (Wildman–Crippen LogP) is 1.63. The van der Waals surface area contributed by atoms with Crippen LogP contribution in [0.25, 0.3) is 0 Å². The van der Waals surface area contributed by atoms with Crippen molar-refractivity contribution in [3.05, 3.63) is 35.9 Å². The zero-order valence-electron chi connectivity index (χ0n) is 10.2. The fourth-order valence-corrected chi connectivity index (χ4v) is 2.20. The molecule has 1 aliphatic rings. The maximum atomic E-state index is 12.3. The molecule has 1 aromatic carbocycles. The summed E-state index contributed by atoms with van der Waals surface area (Å²) in [5, 5.41) is 8.90. The maximum Gasteiger partial charge on any atom is 0.230 e. The molecule has 0 aliphatic heterocycles. The lowest BCUT2D eigenvalue weighted by atomic mass is 9.93. The van der Waals surface area contributed by atoms with Gasteiger partial charge in [-0.25, -0.2) is 0 Å². The Hall–Kier alpha value is -1.35. The number of carbonyl (C=O) groups is 1. The van der Waals surface area contributed by atoms with Crippen molar-refractivity contribution in [2.75, 3.05) is 20.2 Å². The maximum absolute atomic E-state index is 12.3. The van der Waals surface area contributed by atoms with Crippen molar-refractivity contribution in [1.29, 1.82) is 0 Å². The molecule has 1 fully saturated rings. The lowest BCUT2D eigenvalue weighted by Gasteiger charge is -2.23. The number of aliphatic hydroxyl groups is 1. The summed E-state index contributed by atoms with van der Waals surface area (Å²) in [7, 11) is 1.76. The van der Waals surface area contributed by atoms with Crippen LogP contribution in [0.15, 0.2) is 30.3 Å². The topological polar surface area (TPSA) is 40.5 Å². The highest BCUT2D eigenvalue weighted by atomic mass is 16.3. The zero-order valence-corrected chi connectivity index (χ0v) is 10.2. The lowest BCUT2D eigenvalue weighted by Crippen LogP contribution is -2.34. The Bertz CT molecular complexity index is 373. The van der Waals surface area contributed by atoms with Gasteiger partial charge >= 0.3 is 0 Å². The number of nitrogens with zero attached hydrogens (tertiary/aromatic N) is 1. The van der Waals surface area contributed by atoms with E-state index in [2.05, 4.69) is 0 Å². The Balaban J connectivity index is 2.15. The molecule has 0 spiro atoms. The molecule has 0 aromatic heterocycles. The highest BCUT2D eigenvalue weighted by Gasteiger charge is 2.38. The van der Waals surface area contributed by atoms with Crippen molar-refractivity contribution in [2.24, 2.45) is 5.92 Å².